The van der Waals surface area contributed by atoms with Gasteiger partial charge in [0.15, 0.2) is 11.7 Å². The second-order valence-electron chi connectivity index (χ2n) is 7.52. The molecule has 1 atom stereocenters. The van der Waals surface area contributed by atoms with E-state index in [0.717, 1.165) is 38.3 Å². The maximum Gasteiger partial charge on any atom is 0.197 e. The molecule has 0 saturated carbocycles. The summed E-state index contributed by atoms with van der Waals surface area (Å²) in [7, 11) is 0. The summed E-state index contributed by atoms with van der Waals surface area (Å²) in [5, 5.41) is 3.40. The molecule has 0 fully saturated rings. The quantitative estimate of drug-likeness (QED) is 0.424. The maximum atomic E-state index is 13.0. The highest BCUT2D eigenvalue weighted by Gasteiger charge is 2.39. The highest BCUT2D eigenvalue weighted by molar-refractivity contribution is 9.10. The van der Waals surface area contributed by atoms with Crippen molar-refractivity contribution in [2.24, 2.45) is 5.73 Å². The van der Waals surface area contributed by atoms with E-state index < -0.39 is 0 Å². The van der Waals surface area contributed by atoms with E-state index >= 15 is 0 Å². The van der Waals surface area contributed by atoms with Gasteiger partial charge in [0.05, 0.1) is 11.3 Å². The molecular weight excluding hydrogens is 496 g/mol. The molecule has 4 nitrogen and oxygen atoms in total. The molecular formula is C24H18BrClN2O2S. The van der Waals surface area contributed by atoms with Gasteiger partial charge < -0.3 is 10.5 Å². The highest BCUT2D eigenvalue weighted by atomic mass is 79.9. The molecule has 2 N–H and O–H groups in total. The summed E-state index contributed by atoms with van der Waals surface area (Å²) < 4.78 is 7.00. The highest BCUT2D eigenvalue weighted by Crippen LogP contribution is 2.48. The van der Waals surface area contributed by atoms with Crippen LogP contribution < -0.4 is 5.73 Å². The molecule has 1 aromatic heterocycles. The Balaban J connectivity index is 1.63. The van der Waals surface area contributed by atoms with Crippen molar-refractivity contribution < 1.29 is 9.53 Å². The molecule has 0 amide bonds. The Labute approximate surface area is 197 Å². The lowest BCUT2D eigenvalue weighted by atomic mass is 9.77. The van der Waals surface area contributed by atoms with Crippen molar-refractivity contribution in [3.63, 3.8) is 0 Å². The SMILES string of the molecule is NC1=C(c2nc(-c3ccc(Br)cc3)cs2)C(c2ccc(Cl)cc2)C2=C(CCCC2=O)O1. The zero-order chi connectivity index (χ0) is 21.5. The molecule has 1 aliphatic heterocycles. The van der Waals surface area contributed by atoms with Crippen LogP contribution in [0.4, 0.5) is 0 Å². The van der Waals surface area contributed by atoms with Gasteiger partial charge in [-0.15, -0.1) is 11.3 Å². The summed E-state index contributed by atoms with van der Waals surface area (Å²) in [5.41, 5.74) is 10.7. The van der Waals surface area contributed by atoms with Crippen molar-refractivity contribution in [1.29, 1.82) is 0 Å². The van der Waals surface area contributed by atoms with Gasteiger partial charge in [0, 0.05) is 44.8 Å². The molecule has 0 radical (unpaired) electrons. The predicted octanol–water partition coefficient (Wildman–Crippen LogP) is 6.67. The maximum absolute atomic E-state index is 13.0. The van der Waals surface area contributed by atoms with Crippen LogP contribution in [0.1, 0.15) is 35.8 Å². The summed E-state index contributed by atoms with van der Waals surface area (Å²) >= 11 is 11.1. The number of nitrogens with zero attached hydrogens (tertiary/aromatic N) is 1. The monoisotopic (exact) mass is 512 g/mol. The van der Waals surface area contributed by atoms with Gasteiger partial charge in [-0.3, -0.25) is 4.79 Å². The Hall–Kier alpha value is -2.41. The number of hydrogen-bond acceptors (Lipinski definition) is 5. The molecule has 2 aliphatic rings. The Kier molecular flexibility index (Phi) is 5.46. The molecule has 5 rings (SSSR count). The minimum absolute atomic E-state index is 0.107. The Morgan fingerprint density at radius 1 is 1.06 bits per heavy atom. The van der Waals surface area contributed by atoms with E-state index in [4.69, 9.17) is 27.1 Å². The van der Waals surface area contributed by atoms with E-state index in [2.05, 4.69) is 15.9 Å². The molecule has 2 heterocycles. The smallest absolute Gasteiger partial charge is 0.197 e. The number of aromatic nitrogens is 1. The van der Waals surface area contributed by atoms with Gasteiger partial charge in [0.2, 0.25) is 0 Å². The third kappa shape index (κ3) is 3.84. The van der Waals surface area contributed by atoms with Gasteiger partial charge in [-0.1, -0.05) is 51.8 Å². The van der Waals surface area contributed by atoms with Crippen LogP contribution in [0.3, 0.4) is 0 Å². The minimum atomic E-state index is -0.322. The Bertz CT molecular complexity index is 1230. The topological polar surface area (TPSA) is 65.2 Å². The summed E-state index contributed by atoms with van der Waals surface area (Å²) in [4.78, 5) is 17.8. The predicted molar refractivity (Wildman–Crippen MR) is 128 cm³/mol. The standard InChI is InChI=1S/C24H18BrClN2O2S/c25-15-8-4-13(5-9-15)17-12-31-24(28-17)22-20(14-6-10-16(26)11-7-14)21-18(29)2-1-3-19(21)30-23(22)27/h4-12,20H,1-3,27H2. The van der Waals surface area contributed by atoms with E-state index in [1.165, 1.54) is 11.3 Å². The van der Waals surface area contributed by atoms with Crippen LogP contribution >= 0.6 is 38.9 Å². The number of allylic oxidation sites excluding steroid dienone is 3. The molecule has 0 saturated heterocycles. The van der Waals surface area contributed by atoms with Gasteiger partial charge in [-0.05, 0) is 36.2 Å². The van der Waals surface area contributed by atoms with Crippen LogP contribution in [0, 0.1) is 0 Å². The molecule has 7 heteroatoms. The number of ether oxygens (including phenoxy) is 1. The number of halogens is 2. The van der Waals surface area contributed by atoms with Gasteiger partial charge in [-0.25, -0.2) is 4.98 Å². The summed E-state index contributed by atoms with van der Waals surface area (Å²) in [6.45, 7) is 0. The number of rotatable bonds is 3. The van der Waals surface area contributed by atoms with Gasteiger partial charge in [0.1, 0.15) is 10.8 Å². The lowest BCUT2D eigenvalue weighted by Gasteiger charge is -2.32. The van der Waals surface area contributed by atoms with E-state index in [1.807, 2.05) is 53.9 Å². The second-order valence-corrected chi connectivity index (χ2v) is 9.73. The summed E-state index contributed by atoms with van der Waals surface area (Å²) in [6.07, 6.45) is 2.00. The third-order valence-corrected chi connectivity index (χ3v) is 7.22. The fourth-order valence-corrected chi connectivity index (χ4v) is 5.40. The molecule has 1 aliphatic carbocycles. The van der Waals surface area contributed by atoms with Crippen LogP contribution in [0.25, 0.3) is 16.8 Å². The van der Waals surface area contributed by atoms with Crippen molar-refractivity contribution in [1.82, 2.24) is 4.98 Å². The van der Waals surface area contributed by atoms with Crippen molar-refractivity contribution in [2.45, 2.75) is 25.2 Å². The van der Waals surface area contributed by atoms with E-state index in [1.54, 1.807) is 0 Å². The first-order valence-corrected chi connectivity index (χ1v) is 12.0. The van der Waals surface area contributed by atoms with E-state index in [-0.39, 0.29) is 11.7 Å². The summed E-state index contributed by atoms with van der Waals surface area (Å²) in [5.74, 6) is 0.779. The molecule has 2 aromatic carbocycles. The van der Waals surface area contributed by atoms with E-state index in [9.17, 15) is 4.79 Å². The largest absolute Gasteiger partial charge is 0.445 e. The van der Waals surface area contributed by atoms with Gasteiger partial charge in [0.25, 0.3) is 0 Å². The normalized spacial score (nSPS) is 18.8. The molecule has 31 heavy (non-hydrogen) atoms. The lowest BCUT2D eigenvalue weighted by Crippen LogP contribution is -2.27. The first kappa shape index (κ1) is 20.5. The van der Waals surface area contributed by atoms with E-state index in [0.29, 0.717) is 35.1 Å². The Morgan fingerprint density at radius 3 is 2.55 bits per heavy atom. The molecule has 1 unspecified atom stereocenters. The van der Waals surface area contributed by atoms with Crippen LogP contribution in [-0.4, -0.2) is 10.8 Å². The fraction of sp³-hybridized carbons (Fsp3) is 0.167. The zero-order valence-corrected chi connectivity index (χ0v) is 19.6. The number of carbonyl (C=O) groups excluding carboxylic acids is 1. The molecule has 0 bridgehead atoms. The number of nitrogens with two attached hydrogens (primary N) is 1. The number of thiazole rings is 1. The summed E-state index contributed by atoms with van der Waals surface area (Å²) in [6, 6.07) is 15.6. The number of benzene rings is 2. The lowest BCUT2D eigenvalue weighted by molar-refractivity contribution is -0.116. The minimum Gasteiger partial charge on any atom is -0.445 e. The van der Waals surface area contributed by atoms with Gasteiger partial charge >= 0.3 is 0 Å². The van der Waals surface area contributed by atoms with Crippen LogP contribution in [-0.2, 0) is 9.53 Å². The van der Waals surface area contributed by atoms with Crippen LogP contribution in [0.15, 0.2) is 75.6 Å². The second kappa shape index (κ2) is 8.26. The number of Topliss-reactive ketones (excluding diaryl/α,β-unsaturated/α-hetero) is 1. The van der Waals surface area contributed by atoms with Gasteiger partial charge in [-0.2, -0.15) is 0 Å². The molecule has 3 aromatic rings. The molecule has 0 spiro atoms. The van der Waals surface area contributed by atoms with Crippen LogP contribution in [0.2, 0.25) is 5.02 Å². The number of hydrogen-bond donors (Lipinski definition) is 1. The van der Waals surface area contributed by atoms with Crippen molar-refractivity contribution in [3.8, 4) is 11.3 Å². The average Bonchev–Trinajstić information content (AvgIpc) is 3.24. The first-order chi connectivity index (χ1) is 15.0. The third-order valence-electron chi connectivity index (χ3n) is 5.56. The van der Waals surface area contributed by atoms with Crippen molar-refractivity contribution in [2.75, 3.05) is 0 Å². The Morgan fingerprint density at radius 2 is 1.81 bits per heavy atom. The van der Waals surface area contributed by atoms with Crippen molar-refractivity contribution in [3.05, 3.63) is 91.2 Å². The zero-order valence-electron chi connectivity index (χ0n) is 16.4. The van der Waals surface area contributed by atoms with Crippen molar-refractivity contribution >= 4 is 50.2 Å². The van der Waals surface area contributed by atoms with Crippen LogP contribution in [0.5, 0.6) is 0 Å². The molecule has 156 valence electrons. The first-order valence-electron chi connectivity index (χ1n) is 9.92. The number of carbonyl (C=O) groups is 1. The average molecular weight is 514 g/mol. The fourth-order valence-electron chi connectivity index (χ4n) is 4.10. The number of ketones is 1.